The third kappa shape index (κ3) is 2.37. The third-order valence-corrected chi connectivity index (χ3v) is 4.56. The minimum absolute atomic E-state index is 0.893. The number of rotatable bonds is 3. The van der Waals surface area contributed by atoms with Crippen molar-refractivity contribution in [3.05, 3.63) is 48.5 Å². The molecule has 0 amide bonds. The van der Waals surface area contributed by atoms with Crippen molar-refractivity contribution in [3.63, 3.8) is 0 Å². The van der Waals surface area contributed by atoms with Crippen LogP contribution in [0.15, 0.2) is 48.5 Å². The lowest BCUT2D eigenvalue weighted by molar-refractivity contribution is 0.415. The SMILES string of the molecule is COc1ccc(-c2cc3cc(N(C)C)ccc3s2)cc1. The molecular weight excluding hydrogens is 266 g/mol. The van der Waals surface area contributed by atoms with Gasteiger partial charge in [0.05, 0.1) is 7.11 Å². The quantitative estimate of drug-likeness (QED) is 0.694. The summed E-state index contributed by atoms with van der Waals surface area (Å²) in [6, 6.07) is 17.1. The Kier molecular flexibility index (Phi) is 3.36. The van der Waals surface area contributed by atoms with E-state index in [1.807, 2.05) is 23.5 Å². The second-order valence-corrected chi connectivity index (χ2v) is 6.04. The van der Waals surface area contributed by atoms with Gasteiger partial charge in [-0.25, -0.2) is 0 Å². The van der Waals surface area contributed by atoms with Crippen LogP contribution < -0.4 is 9.64 Å². The maximum Gasteiger partial charge on any atom is 0.118 e. The maximum atomic E-state index is 5.20. The fourth-order valence-corrected chi connectivity index (χ4v) is 3.26. The first-order valence-electron chi connectivity index (χ1n) is 6.53. The Morgan fingerprint density at radius 2 is 1.70 bits per heavy atom. The first kappa shape index (κ1) is 13.0. The normalized spacial score (nSPS) is 10.8. The van der Waals surface area contributed by atoms with Crippen LogP contribution in [0.1, 0.15) is 0 Å². The molecule has 0 saturated carbocycles. The standard InChI is InChI=1S/C17H17NOS/c1-18(2)14-6-9-16-13(10-14)11-17(20-16)12-4-7-15(19-3)8-5-12/h4-11H,1-3H3. The number of anilines is 1. The van der Waals surface area contributed by atoms with E-state index in [1.54, 1.807) is 7.11 Å². The zero-order valence-corrected chi connectivity index (χ0v) is 12.7. The van der Waals surface area contributed by atoms with Crippen molar-refractivity contribution in [2.24, 2.45) is 0 Å². The van der Waals surface area contributed by atoms with Crippen LogP contribution >= 0.6 is 11.3 Å². The van der Waals surface area contributed by atoms with E-state index in [0.29, 0.717) is 0 Å². The van der Waals surface area contributed by atoms with Crippen LogP contribution in [0.5, 0.6) is 5.75 Å². The molecule has 0 radical (unpaired) electrons. The van der Waals surface area contributed by atoms with Crippen LogP contribution in [-0.2, 0) is 0 Å². The highest BCUT2D eigenvalue weighted by Crippen LogP contribution is 2.35. The van der Waals surface area contributed by atoms with Crippen molar-refractivity contribution in [2.75, 3.05) is 26.1 Å². The molecule has 0 aliphatic heterocycles. The van der Waals surface area contributed by atoms with Crippen LogP contribution in [0.2, 0.25) is 0 Å². The van der Waals surface area contributed by atoms with Gasteiger partial charge in [0, 0.05) is 29.4 Å². The Bertz CT molecular complexity index is 728. The minimum Gasteiger partial charge on any atom is -0.497 e. The Labute approximate surface area is 123 Å². The molecule has 1 heterocycles. The summed E-state index contributed by atoms with van der Waals surface area (Å²) in [6.07, 6.45) is 0. The molecule has 0 fully saturated rings. The predicted molar refractivity (Wildman–Crippen MR) is 88.1 cm³/mol. The molecule has 102 valence electrons. The van der Waals surface area contributed by atoms with Gasteiger partial charge < -0.3 is 9.64 Å². The lowest BCUT2D eigenvalue weighted by Crippen LogP contribution is -2.07. The first-order chi connectivity index (χ1) is 9.67. The Hall–Kier alpha value is -2.00. The smallest absolute Gasteiger partial charge is 0.118 e. The molecule has 0 unspecified atom stereocenters. The summed E-state index contributed by atoms with van der Waals surface area (Å²) >= 11 is 1.82. The number of nitrogens with zero attached hydrogens (tertiary/aromatic N) is 1. The molecule has 3 aromatic rings. The second kappa shape index (κ2) is 5.17. The van der Waals surface area contributed by atoms with Crippen molar-refractivity contribution < 1.29 is 4.74 Å². The predicted octanol–water partition coefficient (Wildman–Crippen LogP) is 4.64. The van der Waals surface area contributed by atoms with Crippen molar-refractivity contribution in [3.8, 4) is 16.2 Å². The largest absolute Gasteiger partial charge is 0.497 e. The number of ether oxygens (including phenoxy) is 1. The molecule has 0 saturated heterocycles. The molecule has 0 aliphatic rings. The van der Waals surface area contributed by atoms with Gasteiger partial charge in [-0.1, -0.05) is 0 Å². The van der Waals surface area contributed by atoms with E-state index in [9.17, 15) is 0 Å². The van der Waals surface area contributed by atoms with E-state index in [2.05, 4.69) is 55.4 Å². The Balaban J connectivity index is 2.03. The number of benzene rings is 2. The van der Waals surface area contributed by atoms with E-state index in [0.717, 1.165) is 5.75 Å². The maximum absolute atomic E-state index is 5.20. The summed E-state index contributed by atoms with van der Waals surface area (Å²) in [5, 5.41) is 1.30. The Morgan fingerprint density at radius 3 is 2.35 bits per heavy atom. The van der Waals surface area contributed by atoms with E-state index < -0.39 is 0 Å². The molecule has 0 bridgehead atoms. The van der Waals surface area contributed by atoms with E-state index in [-0.39, 0.29) is 0 Å². The molecule has 0 N–H and O–H groups in total. The van der Waals surface area contributed by atoms with E-state index in [1.165, 1.54) is 26.2 Å². The van der Waals surface area contributed by atoms with Crippen LogP contribution in [0.4, 0.5) is 5.69 Å². The molecule has 0 aliphatic carbocycles. The van der Waals surface area contributed by atoms with Gasteiger partial charge in [-0.15, -0.1) is 11.3 Å². The molecular formula is C17H17NOS. The van der Waals surface area contributed by atoms with Gasteiger partial charge in [-0.3, -0.25) is 0 Å². The van der Waals surface area contributed by atoms with Gasteiger partial charge in [0.2, 0.25) is 0 Å². The van der Waals surface area contributed by atoms with Crippen molar-refractivity contribution >= 4 is 27.1 Å². The first-order valence-corrected chi connectivity index (χ1v) is 7.34. The zero-order valence-electron chi connectivity index (χ0n) is 11.9. The average Bonchev–Trinajstić information content (AvgIpc) is 2.90. The summed E-state index contributed by atoms with van der Waals surface area (Å²) in [5.74, 6) is 0.893. The second-order valence-electron chi connectivity index (χ2n) is 4.96. The summed E-state index contributed by atoms with van der Waals surface area (Å²) in [4.78, 5) is 3.42. The summed E-state index contributed by atoms with van der Waals surface area (Å²) in [5.41, 5.74) is 2.47. The summed E-state index contributed by atoms with van der Waals surface area (Å²) < 4.78 is 6.52. The van der Waals surface area contributed by atoms with Gasteiger partial charge >= 0.3 is 0 Å². The number of methoxy groups -OCH3 is 1. The highest BCUT2D eigenvalue weighted by molar-refractivity contribution is 7.22. The fourth-order valence-electron chi connectivity index (χ4n) is 2.21. The van der Waals surface area contributed by atoms with Gasteiger partial charge in [0.15, 0.2) is 0 Å². The topological polar surface area (TPSA) is 12.5 Å². The monoisotopic (exact) mass is 283 g/mol. The van der Waals surface area contributed by atoms with Gasteiger partial charge in [-0.05, 0) is 59.5 Å². The highest BCUT2D eigenvalue weighted by Gasteiger charge is 2.06. The van der Waals surface area contributed by atoms with Crippen LogP contribution in [0.25, 0.3) is 20.5 Å². The minimum atomic E-state index is 0.893. The van der Waals surface area contributed by atoms with Crippen LogP contribution in [0.3, 0.4) is 0 Å². The van der Waals surface area contributed by atoms with Crippen LogP contribution in [0, 0.1) is 0 Å². The fraction of sp³-hybridized carbons (Fsp3) is 0.176. The summed E-state index contributed by atoms with van der Waals surface area (Å²) in [6.45, 7) is 0. The zero-order chi connectivity index (χ0) is 14.1. The molecule has 20 heavy (non-hydrogen) atoms. The number of thiophene rings is 1. The molecule has 1 aromatic heterocycles. The molecule has 2 nitrogen and oxygen atoms in total. The van der Waals surface area contributed by atoms with Crippen molar-refractivity contribution in [1.29, 1.82) is 0 Å². The van der Waals surface area contributed by atoms with Crippen LogP contribution in [-0.4, -0.2) is 21.2 Å². The van der Waals surface area contributed by atoms with Crippen molar-refractivity contribution in [1.82, 2.24) is 0 Å². The highest BCUT2D eigenvalue weighted by atomic mass is 32.1. The Morgan fingerprint density at radius 1 is 0.950 bits per heavy atom. The van der Waals surface area contributed by atoms with E-state index in [4.69, 9.17) is 4.74 Å². The van der Waals surface area contributed by atoms with Gasteiger partial charge in [0.25, 0.3) is 0 Å². The molecule has 3 heteroatoms. The van der Waals surface area contributed by atoms with Crippen molar-refractivity contribution in [2.45, 2.75) is 0 Å². The average molecular weight is 283 g/mol. The van der Waals surface area contributed by atoms with E-state index >= 15 is 0 Å². The summed E-state index contributed by atoms with van der Waals surface area (Å²) in [7, 11) is 5.83. The lowest BCUT2D eigenvalue weighted by atomic mass is 10.1. The number of fused-ring (bicyclic) bond motifs is 1. The third-order valence-electron chi connectivity index (χ3n) is 3.39. The molecule has 0 atom stereocenters. The van der Waals surface area contributed by atoms with Gasteiger partial charge in [0.1, 0.15) is 5.75 Å². The lowest BCUT2D eigenvalue weighted by Gasteiger charge is -2.11. The molecule has 0 spiro atoms. The number of hydrogen-bond donors (Lipinski definition) is 0. The molecule has 3 rings (SSSR count). The number of hydrogen-bond acceptors (Lipinski definition) is 3. The molecule has 2 aromatic carbocycles. The van der Waals surface area contributed by atoms with Gasteiger partial charge in [-0.2, -0.15) is 0 Å².